The number of terminal acetylenes is 1. The number of hydrogen-bond acceptors (Lipinski definition) is 3. The van der Waals surface area contributed by atoms with Crippen LogP contribution in [0, 0.1) is 12.8 Å². The Balaban J connectivity index is 0.00000202. The molecule has 0 amide bonds. The number of para-hydroxylation sites is 3. The second-order valence-electron chi connectivity index (χ2n) is 14.6. The van der Waals surface area contributed by atoms with E-state index in [0.717, 1.165) is 56.2 Å². The first-order chi connectivity index (χ1) is 27.5. The highest BCUT2D eigenvalue weighted by Crippen LogP contribution is 2.50. The molecule has 0 bridgehead atoms. The molecule has 0 spiro atoms. The topological polar surface area (TPSA) is 78.0 Å². The third kappa shape index (κ3) is 5.68. The highest BCUT2D eigenvalue weighted by atomic mass is 16.5. The van der Waals surface area contributed by atoms with Crippen molar-refractivity contribution in [3.05, 3.63) is 173 Å². The molecule has 2 N–H and O–H groups in total. The molecule has 272 valence electrons. The summed E-state index contributed by atoms with van der Waals surface area (Å²) in [7, 11) is 0. The number of aliphatic imine (C=N–C) groups is 2. The molecule has 0 radical (unpaired) electrons. The van der Waals surface area contributed by atoms with Crippen LogP contribution in [0.5, 0.6) is 5.75 Å². The van der Waals surface area contributed by atoms with E-state index in [0.29, 0.717) is 30.5 Å². The molecular weight excluding hydrogens is 689 g/mol. The smallest absolute Gasteiger partial charge is 0.158 e. The summed E-state index contributed by atoms with van der Waals surface area (Å²) in [5.74, 6) is 1.64. The van der Waals surface area contributed by atoms with Gasteiger partial charge in [0.25, 0.3) is 0 Å². The van der Waals surface area contributed by atoms with Crippen molar-refractivity contribution < 1.29 is 9.15 Å². The minimum atomic E-state index is -0.129. The van der Waals surface area contributed by atoms with E-state index >= 15 is 0 Å². The van der Waals surface area contributed by atoms with Gasteiger partial charge in [-0.25, -0.2) is 9.98 Å². The SMILES string of the molecule is C#C.CC1(C)c2ccccc2-c2cc3c4ccccc4n(C/N=C(\N=C(N)c4cccc5c4oc4ccccc45)c4ccc5c(c4)OC/C=C\C=C/C5)c3cc21. The Hall–Kier alpha value is -7.10. The number of nitrogens with two attached hydrogens (primary N) is 1. The van der Waals surface area contributed by atoms with E-state index in [2.05, 4.69) is 128 Å². The van der Waals surface area contributed by atoms with Gasteiger partial charge in [-0.15, -0.1) is 12.8 Å². The number of rotatable bonds is 4. The zero-order valence-corrected chi connectivity index (χ0v) is 31.4. The molecule has 6 nitrogen and oxygen atoms in total. The van der Waals surface area contributed by atoms with Gasteiger partial charge in [0.1, 0.15) is 36.0 Å². The number of fused-ring (bicyclic) bond motifs is 10. The van der Waals surface area contributed by atoms with Crippen LogP contribution >= 0.6 is 0 Å². The van der Waals surface area contributed by atoms with Crippen molar-refractivity contribution in [2.24, 2.45) is 15.7 Å². The Kier molecular flexibility index (Phi) is 8.63. The Morgan fingerprint density at radius 3 is 2.39 bits per heavy atom. The van der Waals surface area contributed by atoms with Crippen molar-refractivity contribution in [1.29, 1.82) is 0 Å². The van der Waals surface area contributed by atoms with Crippen molar-refractivity contribution in [2.45, 2.75) is 32.4 Å². The standard InChI is InChI=1S/C48H38N4O2.C2H2/c1-48(2)39-20-9-6-15-32(39)37-27-38-33-16-7-10-21-41(33)52(42(38)28-40(37)48)29-50-47(31-24-23-30-14-5-3-4-12-25-53-44(30)26-31)51-46(49)36-19-13-18-35-34-17-8-11-22-43(34)54-45(35)36;1-2/h3-13,15-24,26-28H,14,25,29H2,1-2H3,(H2,49,50,51);1-2H/b5-3-,12-4-;. The molecule has 2 aromatic heterocycles. The molecule has 10 rings (SSSR count). The summed E-state index contributed by atoms with van der Waals surface area (Å²) in [6.45, 7) is 5.45. The van der Waals surface area contributed by atoms with Crippen molar-refractivity contribution >= 4 is 55.4 Å². The second-order valence-corrected chi connectivity index (χ2v) is 14.6. The predicted octanol–water partition coefficient (Wildman–Crippen LogP) is 11.1. The van der Waals surface area contributed by atoms with E-state index in [9.17, 15) is 0 Å². The molecule has 3 heterocycles. The molecule has 6 aromatic carbocycles. The van der Waals surface area contributed by atoms with Crippen molar-refractivity contribution in [3.8, 4) is 29.7 Å². The quantitative estimate of drug-likeness (QED) is 0.111. The summed E-state index contributed by atoms with van der Waals surface area (Å²) >= 11 is 0. The van der Waals surface area contributed by atoms with E-state index in [-0.39, 0.29) is 5.41 Å². The van der Waals surface area contributed by atoms with Crippen LogP contribution in [-0.4, -0.2) is 22.8 Å². The molecule has 0 atom stereocenters. The molecular formula is C50H40N4O2. The maximum atomic E-state index is 6.94. The van der Waals surface area contributed by atoms with Crippen molar-refractivity contribution in [1.82, 2.24) is 4.57 Å². The first-order valence-electron chi connectivity index (χ1n) is 18.8. The van der Waals surface area contributed by atoms with Gasteiger partial charge in [0.15, 0.2) is 5.84 Å². The molecule has 1 aliphatic carbocycles. The first kappa shape index (κ1) is 34.7. The fourth-order valence-corrected chi connectivity index (χ4v) is 8.39. The summed E-state index contributed by atoms with van der Waals surface area (Å²) < 4.78 is 14.9. The number of amidine groups is 2. The zero-order valence-electron chi connectivity index (χ0n) is 31.4. The number of nitrogens with zero attached hydrogens (tertiary/aromatic N) is 3. The van der Waals surface area contributed by atoms with Gasteiger partial charge in [0, 0.05) is 32.5 Å². The number of aromatic nitrogens is 1. The van der Waals surface area contributed by atoms with Gasteiger partial charge in [-0.05, 0) is 76.7 Å². The average molecular weight is 729 g/mol. The van der Waals surface area contributed by atoms with Gasteiger partial charge < -0.3 is 19.5 Å². The Bertz CT molecular complexity index is 2990. The lowest BCUT2D eigenvalue weighted by molar-refractivity contribution is 0.360. The van der Waals surface area contributed by atoms with Gasteiger partial charge >= 0.3 is 0 Å². The van der Waals surface area contributed by atoms with E-state index < -0.39 is 0 Å². The van der Waals surface area contributed by atoms with Crippen molar-refractivity contribution in [3.63, 3.8) is 0 Å². The van der Waals surface area contributed by atoms with E-state index in [4.69, 9.17) is 24.9 Å². The second kappa shape index (κ2) is 14.0. The molecule has 0 saturated heterocycles. The number of hydrogen-bond donors (Lipinski definition) is 1. The molecule has 0 unspecified atom stereocenters. The van der Waals surface area contributed by atoms with Crippen LogP contribution in [0.2, 0.25) is 0 Å². The van der Waals surface area contributed by atoms with E-state index in [1.807, 2.05) is 48.6 Å². The maximum Gasteiger partial charge on any atom is 0.158 e. The molecule has 2 aliphatic rings. The maximum absolute atomic E-state index is 6.94. The number of allylic oxidation sites excluding steroid dienone is 3. The Labute approximate surface area is 326 Å². The normalized spacial score (nSPS) is 15.9. The van der Waals surface area contributed by atoms with Gasteiger partial charge in [-0.1, -0.05) is 117 Å². The Morgan fingerprint density at radius 2 is 1.50 bits per heavy atom. The lowest BCUT2D eigenvalue weighted by Gasteiger charge is -2.21. The summed E-state index contributed by atoms with van der Waals surface area (Å²) in [6, 6.07) is 42.4. The van der Waals surface area contributed by atoms with Crippen LogP contribution in [0.3, 0.4) is 0 Å². The van der Waals surface area contributed by atoms with Crippen LogP contribution in [0.25, 0.3) is 54.9 Å². The fourth-order valence-electron chi connectivity index (χ4n) is 8.39. The number of ether oxygens (including phenoxy) is 1. The summed E-state index contributed by atoms with van der Waals surface area (Å²) in [5.41, 5.74) is 18.5. The third-order valence-corrected chi connectivity index (χ3v) is 11.1. The average Bonchev–Trinajstić information content (AvgIpc) is 3.87. The predicted molar refractivity (Wildman–Crippen MR) is 232 cm³/mol. The summed E-state index contributed by atoms with van der Waals surface area (Å²) in [6.07, 6.45) is 17.0. The number of benzene rings is 6. The summed E-state index contributed by atoms with van der Waals surface area (Å²) in [4.78, 5) is 10.4. The van der Waals surface area contributed by atoms with Gasteiger partial charge in [-0.2, -0.15) is 0 Å². The largest absolute Gasteiger partial charge is 0.489 e. The molecule has 0 fully saturated rings. The van der Waals surface area contributed by atoms with E-state index in [1.165, 1.54) is 33.0 Å². The minimum Gasteiger partial charge on any atom is -0.489 e. The van der Waals surface area contributed by atoms with E-state index in [1.54, 1.807) is 0 Å². The van der Waals surface area contributed by atoms with Crippen LogP contribution in [0.1, 0.15) is 41.7 Å². The molecule has 6 heteroatoms. The van der Waals surface area contributed by atoms with Crippen LogP contribution in [0.4, 0.5) is 0 Å². The Morgan fingerprint density at radius 1 is 0.732 bits per heavy atom. The highest BCUT2D eigenvalue weighted by Gasteiger charge is 2.36. The van der Waals surface area contributed by atoms with Gasteiger partial charge in [0.05, 0.1) is 16.6 Å². The minimum absolute atomic E-state index is 0.129. The van der Waals surface area contributed by atoms with Crippen LogP contribution in [-0.2, 0) is 18.5 Å². The van der Waals surface area contributed by atoms with Crippen LogP contribution < -0.4 is 10.5 Å². The monoisotopic (exact) mass is 728 g/mol. The van der Waals surface area contributed by atoms with Gasteiger partial charge in [0.2, 0.25) is 0 Å². The first-order valence-corrected chi connectivity index (χ1v) is 18.8. The lowest BCUT2D eigenvalue weighted by Crippen LogP contribution is -2.17. The molecule has 0 saturated carbocycles. The zero-order chi connectivity index (χ0) is 38.4. The highest BCUT2D eigenvalue weighted by molar-refractivity contribution is 6.18. The van der Waals surface area contributed by atoms with Crippen LogP contribution in [0.15, 0.2) is 160 Å². The summed E-state index contributed by atoms with van der Waals surface area (Å²) in [5, 5.41) is 4.44. The lowest BCUT2D eigenvalue weighted by atomic mass is 9.82. The fraction of sp³-hybridized carbons (Fsp3) is 0.120. The molecule has 8 aromatic rings. The van der Waals surface area contributed by atoms with Crippen molar-refractivity contribution in [2.75, 3.05) is 6.61 Å². The van der Waals surface area contributed by atoms with Gasteiger partial charge in [-0.3, -0.25) is 0 Å². The third-order valence-electron chi connectivity index (χ3n) is 11.1. The molecule has 1 aliphatic heterocycles. The molecule has 56 heavy (non-hydrogen) atoms. The number of furan rings is 1.